The lowest BCUT2D eigenvalue weighted by molar-refractivity contribution is -0.145. The van der Waals surface area contributed by atoms with Crippen molar-refractivity contribution >= 4 is 5.97 Å². The monoisotopic (exact) mass is 225 g/mol. The molecule has 0 fully saturated rings. The van der Waals surface area contributed by atoms with Crippen LogP contribution < -0.4 is 5.32 Å². The van der Waals surface area contributed by atoms with E-state index in [2.05, 4.69) is 5.32 Å². The second kappa shape index (κ2) is 6.23. The van der Waals surface area contributed by atoms with E-state index in [1.165, 1.54) is 19.1 Å². The molecule has 1 rings (SSSR count). The fourth-order valence-corrected chi connectivity index (χ4v) is 1.35. The molecule has 3 nitrogen and oxygen atoms in total. The van der Waals surface area contributed by atoms with Gasteiger partial charge in [-0.15, -0.1) is 0 Å². The number of esters is 1. The first-order valence-electron chi connectivity index (χ1n) is 5.20. The standard InChI is InChI=1S/C12H16FNO2/c1-9(16-10(2)15)7-14-8-11-3-5-12(13)6-4-11/h3-6,9,14H,7-8H2,1-2H3. The molecule has 0 saturated carbocycles. The fraction of sp³-hybridized carbons (Fsp3) is 0.417. The Morgan fingerprint density at radius 2 is 2.06 bits per heavy atom. The van der Waals surface area contributed by atoms with Crippen LogP contribution in [0, 0.1) is 5.82 Å². The van der Waals surface area contributed by atoms with Crippen molar-refractivity contribution in [3.05, 3.63) is 35.6 Å². The predicted octanol–water partition coefficient (Wildman–Crippen LogP) is 1.87. The van der Waals surface area contributed by atoms with Crippen molar-refractivity contribution in [2.75, 3.05) is 6.54 Å². The summed E-state index contributed by atoms with van der Waals surface area (Å²) in [7, 11) is 0. The highest BCUT2D eigenvalue weighted by Crippen LogP contribution is 2.02. The molecular formula is C12H16FNO2. The van der Waals surface area contributed by atoms with E-state index in [9.17, 15) is 9.18 Å². The van der Waals surface area contributed by atoms with Crippen molar-refractivity contribution in [1.29, 1.82) is 0 Å². The van der Waals surface area contributed by atoms with Gasteiger partial charge in [-0.25, -0.2) is 4.39 Å². The van der Waals surface area contributed by atoms with Crippen LogP contribution in [0.4, 0.5) is 4.39 Å². The Balaban J connectivity index is 2.25. The van der Waals surface area contributed by atoms with Crippen molar-refractivity contribution in [2.24, 2.45) is 0 Å². The van der Waals surface area contributed by atoms with Crippen LogP contribution >= 0.6 is 0 Å². The molecule has 1 unspecified atom stereocenters. The Morgan fingerprint density at radius 1 is 1.44 bits per heavy atom. The lowest BCUT2D eigenvalue weighted by atomic mass is 10.2. The van der Waals surface area contributed by atoms with Crippen LogP contribution in [-0.4, -0.2) is 18.6 Å². The van der Waals surface area contributed by atoms with E-state index in [-0.39, 0.29) is 17.9 Å². The molecule has 0 aromatic heterocycles. The first kappa shape index (κ1) is 12.6. The third kappa shape index (κ3) is 4.89. The summed E-state index contributed by atoms with van der Waals surface area (Å²) >= 11 is 0. The van der Waals surface area contributed by atoms with Gasteiger partial charge in [-0.1, -0.05) is 12.1 Å². The molecule has 0 aliphatic heterocycles. The Labute approximate surface area is 94.6 Å². The SMILES string of the molecule is CC(=O)OC(C)CNCc1ccc(F)cc1. The molecule has 0 amide bonds. The fourth-order valence-electron chi connectivity index (χ4n) is 1.35. The van der Waals surface area contributed by atoms with Crippen LogP contribution in [0.3, 0.4) is 0 Å². The Hall–Kier alpha value is -1.42. The highest BCUT2D eigenvalue weighted by Gasteiger charge is 2.04. The first-order valence-corrected chi connectivity index (χ1v) is 5.20. The zero-order chi connectivity index (χ0) is 12.0. The largest absolute Gasteiger partial charge is 0.462 e. The van der Waals surface area contributed by atoms with Crippen LogP contribution in [0.5, 0.6) is 0 Å². The molecular weight excluding hydrogens is 209 g/mol. The molecule has 0 radical (unpaired) electrons. The molecule has 0 aliphatic carbocycles. The van der Waals surface area contributed by atoms with Crippen LogP contribution in [0.2, 0.25) is 0 Å². The number of carbonyl (C=O) groups is 1. The van der Waals surface area contributed by atoms with Gasteiger partial charge in [-0.2, -0.15) is 0 Å². The second-order valence-corrected chi connectivity index (χ2v) is 3.68. The van der Waals surface area contributed by atoms with Gasteiger partial charge in [0, 0.05) is 20.0 Å². The summed E-state index contributed by atoms with van der Waals surface area (Å²) in [5, 5.41) is 3.13. The third-order valence-electron chi connectivity index (χ3n) is 2.04. The van der Waals surface area contributed by atoms with Crippen molar-refractivity contribution in [3.63, 3.8) is 0 Å². The van der Waals surface area contributed by atoms with E-state index in [0.29, 0.717) is 13.1 Å². The van der Waals surface area contributed by atoms with E-state index in [1.54, 1.807) is 12.1 Å². The van der Waals surface area contributed by atoms with Crippen molar-refractivity contribution in [3.8, 4) is 0 Å². The molecule has 1 aromatic carbocycles. The maximum absolute atomic E-state index is 12.6. The number of nitrogens with one attached hydrogen (secondary N) is 1. The third-order valence-corrected chi connectivity index (χ3v) is 2.04. The molecule has 0 saturated heterocycles. The summed E-state index contributed by atoms with van der Waals surface area (Å²) in [5.41, 5.74) is 0.997. The molecule has 1 N–H and O–H groups in total. The number of halogens is 1. The van der Waals surface area contributed by atoms with Gasteiger partial charge >= 0.3 is 5.97 Å². The van der Waals surface area contributed by atoms with Crippen LogP contribution in [-0.2, 0) is 16.1 Å². The molecule has 0 bridgehead atoms. The number of ether oxygens (including phenoxy) is 1. The minimum Gasteiger partial charge on any atom is -0.462 e. The smallest absolute Gasteiger partial charge is 0.302 e. The van der Waals surface area contributed by atoms with Gasteiger partial charge in [0.2, 0.25) is 0 Å². The minimum atomic E-state index is -0.281. The average Bonchev–Trinajstić information content (AvgIpc) is 2.20. The van der Waals surface area contributed by atoms with Gasteiger partial charge in [0.05, 0.1) is 0 Å². The van der Waals surface area contributed by atoms with Crippen LogP contribution in [0.15, 0.2) is 24.3 Å². The van der Waals surface area contributed by atoms with Crippen molar-refractivity contribution in [2.45, 2.75) is 26.5 Å². The topological polar surface area (TPSA) is 38.3 Å². The van der Waals surface area contributed by atoms with E-state index >= 15 is 0 Å². The first-order chi connectivity index (χ1) is 7.58. The highest BCUT2D eigenvalue weighted by molar-refractivity contribution is 5.66. The van der Waals surface area contributed by atoms with Crippen LogP contribution in [0.1, 0.15) is 19.4 Å². The maximum atomic E-state index is 12.6. The van der Waals surface area contributed by atoms with E-state index in [1.807, 2.05) is 6.92 Å². The van der Waals surface area contributed by atoms with Crippen LogP contribution in [0.25, 0.3) is 0 Å². The summed E-state index contributed by atoms with van der Waals surface area (Å²) in [6.45, 7) is 4.42. The van der Waals surface area contributed by atoms with Crippen molar-refractivity contribution in [1.82, 2.24) is 5.32 Å². The molecule has 1 aromatic rings. The zero-order valence-electron chi connectivity index (χ0n) is 9.50. The second-order valence-electron chi connectivity index (χ2n) is 3.68. The molecule has 0 spiro atoms. The highest BCUT2D eigenvalue weighted by atomic mass is 19.1. The minimum absolute atomic E-state index is 0.155. The number of carbonyl (C=O) groups excluding carboxylic acids is 1. The lowest BCUT2D eigenvalue weighted by Gasteiger charge is -2.12. The molecule has 1 atom stereocenters. The maximum Gasteiger partial charge on any atom is 0.302 e. The van der Waals surface area contributed by atoms with Gasteiger partial charge in [0.25, 0.3) is 0 Å². The van der Waals surface area contributed by atoms with E-state index in [0.717, 1.165) is 5.56 Å². The molecule has 0 heterocycles. The number of hydrogen-bond acceptors (Lipinski definition) is 3. The number of rotatable bonds is 5. The Kier molecular flexibility index (Phi) is 4.92. The van der Waals surface area contributed by atoms with E-state index < -0.39 is 0 Å². The van der Waals surface area contributed by atoms with E-state index in [4.69, 9.17) is 4.74 Å². The van der Waals surface area contributed by atoms with Gasteiger partial charge in [0.15, 0.2) is 0 Å². The van der Waals surface area contributed by atoms with Gasteiger partial charge in [0.1, 0.15) is 11.9 Å². The molecule has 16 heavy (non-hydrogen) atoms. The summed E-state index contributed by atoms with van der Waals surface area (Å²) in [6.07, 6.45) is -0.155. The predicted molar refractivity (Wildman–Crippen MR) is 59.3 cm³/mol. The Bertz CT molecular complexity index is 337. The van der Waals surface area contributed by atoms with Gasteiger partial charge < -0.3 is 10.1 Å². The Morgan fingerprint density at radius 3 is 2.62 bits per heavy atom. The lowest BCUT2D eigenvalue weighted by Crippen LogP contribution is -2.27. The molecule has 0 aliphatic rings. The molecule has 4 heteroatoms. The number of benzene rings is 1. The summed E-state index contributed by atoms with van der Waals surface area (Å²) in [5.74, 6) is -0.520. The summed E-state index contributed by atoms with van der Waals surface area (Å²) in [4.78, 5) is 10.6. The van der Waals surface area contributed by atoms with Gasteiger partial charge in [-0.05, 0) is 24.6 Å². The van der Waals surface area contributed by atoms with Gasteiger partial charge in [-0.3, -0.25) is 4.79 Å². The molecule has 88 valence electrons. The van der Waals surface area contributed by atoms with Crippen molar-refractivity contribution < 1.29 is 13.9 Å². The normalized spacial score (nSPS) is 12.2. The zero-order valence-corrected chi connectivity index (χ0v) is 9.50. The summed E-state index contributed by atoms with van der Waals surface area (Å²) < 4.78 is 17.5. The number of hydrogen-bond donors (Lipinski definition) is 1. The summed E-state index contributed by atoms with van der Waals surface area (Å²) in [6, 6.07) is 6.29. The average molecular weight is 225 g/mol. The quantitative estimate of drug-likeness (QED) is 0.777.